The Morgan fingerprint density at radius 3 is 2.78 bits per heavy atom. The summed E-state index contributed by atoms with van der Waals surface area (Å²) in [4.78, 5) is 16.4. The highest BCUT2D eigenvalue weighted by atomic mass is 32.1. The van der Waals surface area contributed by atoms with E-state index in [4.69, 9.17) is 0 Å². The lowest BCUT2D eigenvalue weighted by molar-refractivity contribution is 0.0949. The van der Waals surface area contributed by atoms with Crippen LogP contribution in [0.4, 0.5) is 8.78 Å². The Balaban J connectivity index is 1.52. The zero-order valence-corrected chi connectivity index (χ0v) is 13.0. The molecule has 0 atom stereocenters. The minimum atomic E-state index is -0.853. The molecule has 0 saturated heterocycles. The van der Waals surface area contributed by atoms with Crippen LogP contribution in [0.2, 0.25) is 0 Å². The first-order valence-corrected chi connectivity index (χ1v) is 8.03. The number of carbonyl (C=O) groups excluding carboxylic acids is 1. The highest BCUT2D eigenvalue weighted by Crippen LogP contribution is 2.22. The normalized spacial score (nSPS) is 10.9. The Kier molecular flexibility index (Phi) is 4.62. The average Bonchev–Trinajstić information content (AvgIpc) is 2.94. The Labute approximate surface area is 136 Å². The average molecular weight is 332 g/mol. The highest BCUT2D eigenvalue weighted by Gasteiger charge is 2.12. The predicted molar refractivity (Wildman–Crippen MR) is 86.6 cm³/mol. The van der Waals surface area contributed by atoms with Crippen LogP contribution in [-0.4, -0.2) is 17.4 Å². The third kappa shape index (κ3) is 3.71. The van der Waals surface area contributed by atoms with Crippen molar-refractivity contribution < 1.29 is 13.6 Å². The number of halogens is 2. The number of hydrogen-bond acceptors (Lipinski definition) is 3. The van der Waals surface area contributed by atoms with Gasteiger partial charge in [-0.1, -0.05) is 12.1 Å². The first-order chi connectivity index (χ1) is 11.1. The van der Waals surface area contributed by atoms with Crippen molar-refractivity contribution in [1.82, 2.24) is 10.3 Å². The maximum atomic E-state index is 13.5. The fourth-order valence-corrected chi connectivity index (χ4v) is 3.25. The zero-order chi connectivity index (χ0) is 16.2. The molecule has 1 N–H and O–H groups in total. The number of thiazole rings is 1. The maximum absolute atomic E-state index is 13.5. The minimum absolute atomic E-state index is 0.147. The summed E-state index contributed by atoms with van der Waals surface area (Å²) in [6, 6.07) is 10.8. The summed E-state index contributed by atoms with van der Waals surface area (Å²) in [6.07, 6.45) is 1.44. The molecular formula is C17H14F2N2OS. The van der Waals surface area contributed by atoms with Crippen LogP contribution < -0.4 is 5.32 Å². The Bertz CT molecular complexity index is 814. The molecule has 2 aromatic carbocycles. The number of amides is 1. The number of aromatic nitrogens is 1. The number of nitrogens with zero attached hydrogens (tertiary/aromatic N) is 1. The molecule has 0 aliphatic carbocycles. The van der Waals surface area contributed by atoms with Crippen molar-refractivity contribution in [2.45, 2.75) is 12.8 Å². The fourth-order valence-electron chi connectivity index (χ4n) is 2.24. The van der Waals surface area contributed by atoms with E-state index >= 15 is 0 Å². The molecule has 0 saturated carbocycles. The molecule has 3 rings (SSSR count). The van der Waals surface area contributed by atoms with Crippen molar-refractivity contribution in [3.8, 4) is 0 Å². The number of carbonyl (C=O) groups is 1. The first kappa shape index (κ1) is 15.6. The summed E-state index contributed by atoms with van der Waals surface area (Å²) >= 11 is 1.63. The van der Waals surface area contributed by atoms with Gasteiger partial charge in [0.05, 0.1) is 20.8 Å². The van der Waals surface area contributed by atoms with Gasteiger partial charge in [-0.05, 0) is 30.7 Å². The standard InChI is InChI=1S/C17H14F2N2OS/c18-11-7-8-12(13(19)10-11)17(22)20-9-3-6-16-21-14-4-1-2-5-15(14)23-16/h1-2,4-5,7-8,10H,3,6,9H2,(H,20,22). The molecule has 0 fully saturated rings. The number of aryl methyl sites for hydroxylation is 1. The van der Waals surface area contributed by atoms with Crippen LogP contribution in [0, 0.1) is 11.6 Å². The Morgan fingerprint density at radius 1 is 1.17 bits per heavy atom. The van der Waals surface area contributed by atoms with Crippen LogP contribution in [0.15, 0.2) is 42.5 Å². The molecule has 0 aliphatic rings. The fraction of sp³-hybridized carbons (Fsp3) is 0.176. The molecule has 0 aliphatic heterocycles. The topological polar surface area (TPSA) is 42.0 Å². The van der Waals surface area contributed by atoms with Gasteiger partial charge < -0.3 is 5.32 Å². The number of nitrogens with one attached hydrogen (secondary N) is 1. The van der Waals surface area contributed by atoms with Crippen LogP contribution in [-0.2, 0) is 6.42 Å². The SMILES string of the molecule is O=C(NCCCc1nc2ccccc2s1)c1ccc(F)cc1F. The van der Waals surface area contributed by atoms with Gasteiger partial charge in [0.2, 0.25) is 0 Å². The van der Waals surface area contributed by atoms with Gasteiger partial charge in [-0.3, -0.25) is 4.79 Å². The van der Waals surface area contributed by atoms with Gasteiger partial charge in [0, 0.05) is 19.0 Å². The maximum Gasteiger partial charge on any atom is 0.254 e. The lowest BCUT2D eigenvalue weighted by atomic mass is 10.2. The zero-order valence-electron chi connectivity index (χ0n) is 12.2. The molecule has 3 aromatic rings. The molecule has 1 heterocycles. The predicted octanol–water partition coefficient (Wildman–Crippen LogP) is 3.94. The second-order valence-corrected chi connectivity index (χ2v) is 6.17. The summed E-state index contributed by atoms with van der Waals surface area (Å²) in [5, 5.41) is 3.65. The molecule has 0 spiro atoms. The molecule has 0 bridgehead atoms. The number of benzene rings is 2. The van der Waals surface area contributed by atoms with Crippen molar-refractivity contribution in [2.75, 3.05) is 6.54 Å². The second-order valence-electron chi connectivity index (χ2n) is 5.06. The van der Waals surface area contributed by atoms with Crippen LogP contribution in [0.5, 0.6) is 0 Å². The van der Waals surface area contributed by atoms with Crippen molar-refractivity contribution >= 4 is 27.5 Å². The number of hydrogen-bond donors (Lipinski definition) is 1. The third-order valence-corrected chi connectivity index (χ3v) is 4.46. The number of rotatable bonds is 5. The van der Waals surface area contributed by atoms with Crippen LogP contribution >= 0.6 is 11.3 Å². The van der Waals surface area contributed by atoms with Crippen molar-refractivity contribution in [2.24, 2.45) is 0 Å². The lowest BCUT2D eigenvalue weighted by Crippen LogP contribution is -2.25. The molecule has 6 heteroatoms. The molecule has 1 aromatic heterocycles. The first-order valence-electron chi connectivity index (χ1n) is 7.21. The Morgan fingerprint density at radius 2 is 2.00 bits per heavy atom. The number of para-hydroxylation sites is 1. The Hall–Kier alpha value is -2.34. The summed E-state index contributed by atoms with van der Waals surface area (Å²) in [5.74, 6) is -2.09. The highest BCUT2D eigenvalue weighted by molar-refractivity contribution is 7.18. The monoisotopic (exact) mass is 332 g/mol. The molecular weight excluding hydrogens is 318 g/mol. The van der Waals surface area contributed by atoms with Gasteiger partial charge in [0.15, 0.2) is 0 Å². The van der Waals surface area contributed by atoms with Gasteiger partial charge in [-0.15, -0.1) is 11.3 Å². The van der Waals surface area contributed by atoms with Crippen LogP contribution in [0.25, 0.3) is 10.2 Å². The van der Waals surface area contributed by atoms with Gasteiger partial charge in [0.1, 0.15) is 11.6 Å². The molecule has 0 unspecified atom stereocenters. The van der Waals surface area contributed by atoms with E-state index < -0.39 is 17.5 Å². The van der Waals surface area contributed by atoms with Crippen molar-refractivity contribution in [3.63, 3.8) is 0 Å². The van der Waals surface area contributed by atoms with Crippen LogP contribution in [0.1, 0.15) is 21.8 Å². The third-order valence-electron chi connectivity index (χ3n) is 3.37. The van der Waals surface area contributed by atoms with Gasteiger partial charge in [-0.2, -0.15) is 0 Å². The number of fused-ring (bicyclic) bond motifs is 1. The van der Waals surface area contributed by atoms with E-state index in [1.54, 1.807) is 11.3 Å². The van der Waals surface area contributed by atoms with E-state index in [1.807, 2.05) is 24.3 Å². The molecule has 0 radical (unpaired) electrons. The largest absolute Gasteiger partial charge is 0.352 e. The smallest absolute Gasteiger partial charge is 0.254 e. The van der Waals surface area contributed by atoms with E-state index in [9.17, 15) is 13.6 Å². The van der Waals surface area contributed by atoms with Gasteiger partial charge in [-0.25, -0.2) is 13.8 Å². The summed E-state index contributed by atoms with van der Waals surface area (Å²) in [5.41, 5.74) is 0.830. The quantitative estimate of drug-likeness (QED) is 0.719. The molecule has 23 heavy (non-hydrogen) atoms. The van der Waals surface area contributed by atoms with E-state index in [-0.39, 0.29) is 5.56 Å². The van der Waals surface area contributed by atoms with Crippen LogP contribution in [0.3, 0.4) is 0 Å². The minimum Gasteiger partial charge on any atom is -0.352 e. The van der Waals surface area contributed by atoms with E-state index in [2.05, 4.69) is 10.3 Å². The van der Waals surface area contributed by atoms with Crippen molar-refractivity contribution in [3.05, 3.63) is 64.7 Å². The summed E-state index contributed by atoms with van der Waals surface area (Å²) in [6.45, 7) is 0.408. The summed E-state index contributed by atoms with van der Waals surface area (Å²) in [7, 11) is 0. The van der Waals surface area contributed by atoms with Crippen molar-refractivity contribution in [1.29, 1.82) is 0 Å². The van der Waals surface area contributed by atoms with E-state index in [0.717, 1.165) is 33.8 Å². The van der Waals surface area contributed by atoms with E-state index in [1.165, 1.54) is 0 Å². The molecule has 1 amide bonds. The second kappa shape index (κ2) is 6.83. The lowest BCUT2D eigenvalue weighted by Gasteiger charge is -2.05. The van der Waals surface area contributed by atoms with Gasteiger partial charge in [0.25, 0.3) is 5.91 Å². The molecule has 3 nitrogen and oxygen atoms in total. The van der Waals surface area contributed by atoms with E-state index in [0.29, 0.717) is 19.0 Å². The summed E-state index contributed by atoms with van der Waals surface area (Å²) < 4.78 is 27.4. The van der Waals surface area contributed by atoms with Gasteiger partial charge >= 0.3 is 0 Å². The molecule has 118 valence electrons.